The molecular formula is C22H16O4. The number of benzene rings is 3. The largest absolute Gasteiger partial charge is 0.469 e. The lowest BCUT2D eigenvalue weighted by molar-refractivity contribution is -0.141. The van der Waals surface area contributed by atoms with Crippen LogP contribution in [0.4, 0.5) is 0 Å². The first kappa shape index (κ1) is 16.2. The Morgan fingerprint density at radius 1 is 0.846 bits per heavy atom. The maximum absolute atomic E-state index is 13.4. The van der Waals surface area contributed by atoms with Crippen LogP contribution in [-0.4, -0.2) is 24.6 Å². The molecule has 4 heteroatoms. The maximum atomic E-state index is 13.4. The van der Waals surface area contributed by atoms with Gasteiger partial charge in [-0.15, -0.1) is 0 Å². The fourth-order valence-corrected chi connectivity index (χ4v) is 3.83. The fraction of sp³-hybridized carbons (Fsp3) is 0.136. The number of ether oxygens (including phenoxy) is 1. The van der Waals surface area contributed by atoms with E-state index in [0.29, 0.717) is 16.7 Å². The van der Waals surface area contributed by atoms with Crippen molar-refractivity contribution in [2.75, 3.05) is 7.11 Å². The van der Waals surface area contributed by atoms with Gasteiger partial charge in [0.05, 0.1) is 13.5 Å². The van der Waals surface area contributed by atoms with E-state index in [0.717, 1.165) is 10.8 Å². The van der Waals surface area contributed by atoms with Gasteiger partial charge in [0.2, 0.25) is 0 Å². The molecule has 128 valence electrons. The molecule has 0 spiro atoms. The predicted octanol–water partition coefficient (Wildman–Crippen LogP) is 3.72. The molecule has 0 fully saturated rings. The highest BCUT2D eigenvalue weighted by molar-refractivity contribution is 6.35. The Hall–Kier alpha value is -3.27. The zero-order valence-corrected chi connectivity index (χ0v) is 14.2. The first-order chi connectivity index (χ1) is 12.6. The van der Waals surface area contributed by atoms with Gasteiger partial charge in [-0.1, -0.05) is 66.7 Å². The van der Waals surface area contributed by atoms with Crippen LogP contribution in [0.1, 0.15) is 32.7 Å². The van der Waals surface area contributed by atoms with Crippen LogP contribution >= 0.6 is 0 Å². The topological polar surface area (TPSA) is 60.4 Å². The van der Waals surface area contributed by atoms with Crippen LogP contribution in [0, 0.1) is 0 Å². The van der Waals surface area contributed by atoms with Crippen LogP contribution in [0.3, 0.4) is 0 Å². The third-order valence-corrected chi connectivity index (χ3v) is 5.08. The number of hydrogen-bond donors (Lipinski definition) is 0. The van der Waals surface area contributed by atoms with Gasteiger partial charge in [0.1, 0.15) is 5.41 Å². The summed E-state index contributed by atoms with van der Waals surface area (Å²) in [5.41, 5.74) is -0.326. The molecule has 0 bridgehead atoms. The summed E-state index contributed by atoms with van der Waals surface area (Å²) < 4.78 is 4.82. The quantitative estimate of drug-likeness (QED) is 0.537. The smallest absolute Gasteiger partial charge is 0.307 e. The highest BCUT2D eigenvalue weighted by Gasteiger charge is 2.55. The first-order valence-corrected chi connectivity index (χ1v) is 8.33. The summed E-state index contributed by atoms with van der Waals surface area (Å²) in [6.45, 7) is 0. The van der Waals surface area contributed by atoms with E-state index in [-0.39, 0.29) is 18.0 Å². The molecule has 0 aromatic heterocycles. The van der Waals surface area contributed by atoms with E-state index in [4.69, 9.17) is 4.74 Å². The van der Waals surface area contributed by atoms with Gasteiger partial charge in [-0.25, -0.2) is 0 Å². The molecule has 3 aromatic carbocycles. The molecule has 1 aliphatic carbocycles. The molecule has 0 atom stereocenters. The van der Waals surface area contributed by atoms with E-state index in [2.05, 4.69) is 0 Å². The Kier molecular flexibility index (Phi) is 3.69. The Balaban J connectivity index is 2.05. The number of carbonyl (C=O) groups is 3. The lowest BCUT2D eigenvalue weighted by Gasteiger charge is -2.26. The molecule has 0 radical (unpaired) electrons. The third-order valence-electron chi connectivity index (χ3n) is 5.08. The average molecular weight is 344 g/mol. The summed E-state index contributed by atoms with van der Waals surface area (Å²) in [5, 5.41) is 1.69. The van der Waals surface area contributed by atoms with E-state index in [1.165, 1.54) is 7.11 Å². The van der Waals surface area contributed by atoms with Gasteiger partial charge >= 0.3 is 5.97 Å². The number of carbonyl (C=O) groups excluding carboxylic acids is 3. The average Bonchev–Trinajstić information content (AvgIpc) is 2.90. The van der Waals surface area contributed by atoms with Crippen LogP contribution in [0.15, 0.2) is 66.7 Å². The minimum atomic E-state index is -1.59. The molecular weight excluding hydrogens is 328 g/mol. The molecule has 0 saturated heterocycles. The Morgan fingerprint density at radius 2 is 1.42 bits per heavy atom. The summed E-state index contributed by atoms with van der Waals surface area (Å²) in [6, 6.07) is 19.7. The molecule has 0 unspecified atom stereocenters. The summed E-state index contributed by atoms with van der Waals surface area (Å²) in [4.78, 5) is 39.0. The van der Waals surface area contributed by atoms with Crippen LogP contribution in [0.25, 0.3) is 10.8 Å². The van der Waals surface area contributed by atoms with Gasteiger partial charge in [0.25, 0.3) is 0 Å². The summed E-state index contributed by atoms with van der Waals surface area (Å²) >= 11 is 0. The first-order valence-electron chi connectivity index (χ1n) is 8.33. The van der Waals surface area contributed by atoms with Crippen molar-refractivity contribution in [3.63, 3.8) is 0 Å². The van der Waals surface area contributed by atoms with E-state index in [9.17, 15) is 14.4 Å². The number of esters is 1. The fourth-order valence-electron chi connectivity index (χ4n) is 3.83. The third kappa shape index (κ3) is 2.12. The van der Waals surface area contributed by atoms with Crippen LogP contribution < -0.4 is 0 Å². The lowest BCUT2D eigenvalue weighted by atomic mass is 9.71. The van der Waals surface area contributed by atoms with Gasteiger partial charge in [-0.2, -0.15) is 0 Å². The van der Waals surface area contributed by atoms with Gasteiger partial charge < -0.3 is 4.74 Å². The number of rotatable bonds is 3. The summed E-state index contributed by atoms with van der Waals surface area (Å²) in [7, 11) is 1.26. The van der Waals surface area contributed by atoms with Crippen LogP contribution in [0.5, 0.6) is 0 Å². The Morgan fingerprint density at radius 3 is 2.08 bits per heavy atom. The Bertz CT molecular complexity index is 1020. The van der Waals surface area contributed by atoms with Crippen LogP contribution in [-0.2, 0) is 14.9 Å². The molecule has 4 nitrogen and oxygen atoms in total. The van der Waals surface area contributed by atoms with Gasteiger partial charge in [0.15, 0.2) is 11.6 Å². The van der Waals surface area contributed by atoms with Gasteiger partial charge in [-0.05, 0) is 16.3 Å². The monoisotopic (exact) mass is 344 g/mol. The van der Waals surface area contributed by atoms with Gasteiger partial charge in [0, 0.05) is 11.1 Å². The van der Waals surface area contributed by atoms with Crippen molar-refractivity contribution in [1.29, 1.82) is 0 Å². The number of fused-ring (bicyclic) bond motifs is 2. The standard InChI is InChI=1S/C22H16O4/c1-26-19(23)13-22(18-12-6-8-14-7-2-3-9-15(14)18)20(24)16-10-4-5-11-17(16)21(22)25/h2-12H,13H2,1H3. The van der Waals surface area contributed by atoms with Crippen molar-refractivity contribution in [3.8, 4) is 0 Å². The zero-order valence-electron chi connectivity index (χ0n) is 14.2. The summed E-state index contributed by atoms with van der Waals surface area (Å²) in [6.07, 6.45) is -0.316. The highest BCUT2D eigenvalue weighted by Crippen LogP contribution is 2.44. The van der Waals surface area contributed by atoms with Crippen molar-refractivity contribution in [3.05, 3.63) is 83.4 Å². The van der Waals surface area contributed by atoms with E-state index in [1.54, 1.807) is 36.4 Å². The molecule has 1 aliphatic rings. The van der Waals surface area contributed by atoms with Crippen LogP contribution in [0.2, 0.25) is 0 Å². The molecule has 0 saturated carbocycles. The van der Waals surface area contributed by atoms with Crippen molar-refractivity contribution in [2.24, 2.45) is 0 Å². The Labute approximate surface area is 150 Å². The molecule has 0 aliphatic heterocycles. The molecule has 4 rings (SSSR count). The highest BCUT2D eigenvalue weighted by atomic mass is 16.5. The minimum absolute atomic E-state index is 0.316. The van der Waals surface area contributed by atoms with Crippen molar-refractivity contribution in [1.82, 2.24) is 0 Å². The molecule has 0 amide bonds. The number of methoxy groups -OCH3 is 1. The maximum Gasteiger partial charge on any atom is 0.307 e. The van der Waals surface area contributed by atoms with Gasteiger partial charge in [-0.3, -0.25) is 14.4 Å². The van der Waals surface area contributed by atoms with E-state index in [1.807, 2.05) is 30.3 Å². The minimum Gasteiger partial charge on any atom is -0.469 e. The van der Waals surface area contributed by atoms with Crippen molar-refractivity contribution < 1.29 is 19.1 Å². The number of ketones is 2. The van der Waals surface area contributed by atoms with Crippen molar-refractivity contribution >= 4 is 28.3 Å². The number of hydrogen-bond acceptors (Lipinski definition) is 4. The molecule has 0 N–H and O–H groups in total. The van der Waals surface area contributed by atoms with Crippen molar-refractivity contribution in [2.45, 2.75) is 11.8 Å². The lowest BCUT2D eigenvalue weighted by Crippen LogP contribution is -2.41. The van der Waals surface area contributed by atoms with E-state index < -0.39 is 11.4 Å². The number of Topliss-reactive ketones (excluding diaryl/α,β-unsaturated/α-hetero) is 2. The second kappa shape index (κ2) is 5.92. The summed E-state index contributed by atoms with van der Waals surface area (Å²) in [5.74, 6) is -1.29. The normalized spacial score (nSPS) is 15.1. The molecule has 0 heterocycles. The second-order valence-electron chi connectivity index (χ2n) is 6.39. The molecule has 26 heavy (non-hydrogen) atoms. The van der Waals surface area contributed by atoms with E-state index >= 15 is 0 Å². The predicted molar refractivity (Wildman–Crippen MR) is 97.4 cm³/mol. The second-order valence-corrected chi connectivity index (χ2v) is 6.39. The molecule has 3 aromatic rings. The zero-order chi connectivity index (χ0) is 18.3. The SMILES string of the molecule is COC(=O)CC1(c2cccc3ccccc23)C(=O)c2ccccc2C1=O.